The summed E-state index contributed by atoms with van der Waals surface area (Å²) < 4.78 is 27.7. The lowest BCUT2D eigenvalue weighted by atomic mass is 10.1. The number of aryl methyl sites for hydroxylation is 1. The molecule has 108 valence electrons. The fraction of sp³-hybridized carbons (Fsp3) is 0.500. The summed E-state index contributed by atoms with van der Waals surface area (Å²) in [6.45, 7) is 2.21. The smallest absolute Gasteiger partial charge is 0.242 e. The lowest BCUT2D eigenvalue weighted by Gasteiger charge is -2.20. The Balaban J connectivity index is 2.32. The number of nitrogens with zero attached hydrogens (tertiary/aromatic N) is 1. The van der Waals surface area contributed by atoms with Crippen molar-refractivity contribution in [3.63, 3.8) is 0 Å². The number of nitriles is 1. The first-order valence-electron chi connectivity index (χ1n) is 6.71. The Kier molecular flexibility index (Phi) is 4.43. The van der Waals surface area contributed by atoms with Gasteiger partial charge in [0.25, 0.3) is 0 Å². The Morgan fingerprint density at radius 1 is 1.45 bits per heavy atom. The van der Waals surface area contributed by atoms with Crippen molar-refractivity contribution in [1.29, 1.82) is 5.26 Å². The van der Waals surface area contributed by atoms with Crippen LogP contribution in [0.1, 0.15) is 30.4 Å². The maximum Gasteiger partial charge on any atom is 0.242 e. The molecular formula is C14H19N3O2S. The van der Waals surface area contributed by atoms with Gasteiger partial charge in [-0.2, -0.15) is 5.26 Å². The number of hydrogen-bond acceptors (Lipinski definition) is 4. The maximum atomic E-state index is 12.5. The van der Waals surface area contributed by atoms with Crippen molar-refractivity contribution in [2.24, 2.45) is 11.7 Å². The second-order valence-electron chi connectivity index (χ2n) is 5.21. The highest BCUT2D eigenvalue weighted by Crippen LogP contribution is 2.27. The zero-order valence-corrected chi connectivity index (χ0v) is 12.3. The van der Waals surface area contributed by atoms with Crippen LogP contribution in [0.2, 0.25) is 0 Å². The van der Waals surface area contributed by atoms with Gasteiger partial charge in [-0.25, -0.2) is 13.1 Å². The number of sulfonamides is 1. The van der Waals surface area contributed by atoms with Gasteiger partial charge in [-0.1, -0.05) is 18.6 Å². The molecule has 1 aliphatic carbocycles. The third kappa shape index (κ3) is 2.85. The molecule has 0 amide bonds. The number of benzene rings is 1. The van der Waals surface area contributed by atoms with Crippen molar-refractivity contribution in [1.82, 2.24) is 4.72 Å². The molecule has 1 aromatic carbocycles. The lowest BCUT2D eigenvalue weighted by Crippen LogP contribution is -2.40. The van der Waals surface area contributed by atoms with Gasteiger partial charge in [-0.3, -0.25) is 0 Å². The first kappa shape index (κ1) is 15.0. The molecule has 2 rings (SSSR count). The molecule has 0 heterocycles. The number of rotatable bonds is 4. The van der Waals surface area contributed by atoms with E-state index in [-0.39, 0.29) is 22.4 Å². The third-order valence-electron chi connectivity index (χ3n) is 3.90. The van der Waals surface area contributed by atoms with Crippen LogP contribution in [0.4, 0.5) is 0 Å². The predicted molar refractivity (Wildman–Crippen MR) is 76.4 cm³/mol. The molecule has 6 heteroatoms. The van der Waals surface area contributed by atoms with Crippen LogP contribution in [0, 0.1) is 24.2 Å². The molecule has 1 aliphatic rings. The lowest BCUT2D eigenvalue weighted by molar-refractivity contribution is 0.453. The summed E-state index contributed by atoms with van der Waals surface area (Å²) in [7, 11) is -3.68. The second kappa shape index (κ2) is 5.92. The van der Waals surface area contributed by atoms with Crippen LogP contribution in [-0.2, 0) is 10.0 Å². The van der Waals surface area contributed by atoms with E-state index in [4.69, 9.17) is 11.0 Å². The van der Waals surface area contributed by atoms with E-state index in [0.29, 0.717) is 12.1 Å². The fourth-order valence-electron chi connectivity index (χ4n) is 2.74. The largest absolute Gasteiger partial charge is 0.330 e. The van der Waals surface area contributed by atoms with Gasteiger partial charge in [-0.15, -0.1) is 0 Å². The van der Waals surface area contributed by atoms with Gasteiger partial charge in [0.15, 0.2) is 0 Å². The van der Waals surface area contributed by atoms with Gasteiger partial charge in [-0.05, 0) is 43.9 Å². The quantitative estimate of drug-likeness (QED) is 0.873. The highest BCUT2D eigenvalue weighted by Gasteiger charge is 2.31. The average Bonchev–Trinajstić information content (AvgIpc) is 2.84. The van der Waals surface area contributed by atoms with Crippen molar-refractivity contribution >= 4 is 10.0 Å². The van der Waals surface area contributed by atoms with Gasteiger partial charge in [0.05, 0.1) is 5.56 Å². The third-order valence-corrected chi connectivity index (χ3v) is 5.44. The van der Waals surface area contributed by atoms with Crippen molar-refractivity contribution in [2.75, 3.05) is 6.54 Å². The summed E-state index contributed by atoms with van der Waals surface area (Å²) in [6.07, 6.45) is 2.73. The van der Waals surface area contributed by atoms with Crippen LogP contribution < -0.4 is 10.5 Å². The minimum absolute atomic E-state index is 0.0580. The van der Waals surface area contributed by atoms with Crippen molar-refractivity contribution < 1.29 is 8.42 Å². The molecule has 0 saturated heterocycles. The Morgan fingerprint density at radius 3 is 2.85 bits per heavy atom. The van der Waals surface area contributed by atoms with Crippen LogP contribution in [0.5, 0.6) is 0 Å². The molecule has 5 nitrogen and oxygen atoms in total. The number of nitrogens with two attached hydrogens (primary N) is 1. The number of nitrogens with one attached hydrogen (secondary N) is 1. The van der Waals surface area contributed by atoms with E-state index in [1.165, 1.54) is 6.07 Å². The van der Waals surface area contributed by atoms with Crippen LogP contribution in [0.25, 0.3) is 0 Å². The van der Waals surface area contributed by atoms with E-state index in [0.717, 1.165) is 19.3 Å². The molecule has 1 saturated carbocycles. The van der Waals surface area contributed by atoms with Gasteiger partial charge in [0.1, 0.15) is 11.0 Å². The summed E-state index contributed by atoms with van der Waals surface area (Å²) in [5.41, 5.74) is 6.55. The molecule has 0 bridgehead atoms. The van der Waals surface area contributed by atoms with Gasteiger partial charge in [0, 0.05) is 6.04 Å². The van der Waals surface area contributed by atoms with Gasteiger partial charge >= 0.3 is 0 Å². The summed E-state index contributed by atoms with van der Waals surface area (Å²) >= 11 is 0. The van der Waals surface area contributed by atoms with E-state index in [1.807, 2.05) is 6.07 Å². The van der Waals surface area contributed by atoms with E-state index < -0.39 is 10.0 Å². The monoisotopic (exact) mass is 293 g/mol. The Bertz CT molecular complexity index is 634. The molecule has 3 N–H and O–H groups in total. The van der Waals surface area contributed by atoms with E-state index in [1.54, 1.807) is 19.1 Å². The molecule has 0 aliphatic heterocycles. The second-order valence-corrected chi connectivity index (χ2v) is 6.90. The molecule has 2 atom stereocenters. The minimum atomic E-state index is -3.68. The van der Waals surface area contributed by atoms with E-state index in [2.05, 4.69) is 4.72 Å². The highest BCUT2D eigenvalue weighted by atomic mass is 32.2. The van der Waals surface area contributed by atoms with Crippen LogP contribution >= 0.6 is 0 Å². The molecule has 0 aromatic heterocycles. The maximum absolute atomic E-state index is 12.5. The highest BCUT2D eigenvalue weighted by molar-refractivity contribution is 7.89. The number of hydrogen-bond donors (Lipinski definition) is 2. The summed E-state index contributed by atoms with van der Waals surface area (Å²) in [4.78, 5) is 0.0580. The minimum Gasteiger partial charge on any atom is -0.330 e. The molecular weight excluding hydrogens is 274 g/mol. The normalized spacial score (nSPS) is 22.6. The van der Waals surface area contributed by atoms with Crippen molar-refractivity contribution in [3.05, 3.63) is 29.3 Å². The Hall–Kier alpha value is -1.42. The topological polar surface area (TPSA) is 96.0 Å². The van der Waals surface area contributed by atoms with Crippen LogP contribution in [0.15, 0.2) is 23.1 Å². The fourth-order valence-corrected chi connectivity index (χ4v) is 4.31. The SMILES string of the molecule is Cc1cccc(S(=O)(=O)N[C@@H]2CCC[C@H]2CN)c1C#N. The Morgan fingerprint density at radius 2 is 2.20 bits per heavy atom. The first-order valence-corrected chi connectivity index (χ1v) is 8.20. The van der Waals surface area contributed by atoms with Crippen molar-refractivity contribution in [2.45, 2.75) is 37.1 Å². The molecule has 1 aromatic rings. The van der Waals surface area contributed by atoms with Gasteiger partial charge in [0.2, 0.25) is 10.0 Å². The summed E-state index contributed by atoms with van der Waals surface area (Å²) in [5, 5.41) is 9.16. The van der Waals surface area contributed by atoms with Crippen molar-refractivity contribution in [3.8, 4) is 6.07 Å². The van der Waals surface area contributed by atoms with E-state index >= 15 is 0 Å². The van der Waals surface area contributed by atoms with Crippen LogP contribution in [-0.4, -0.2) is 21.0 Å². The first-order chi connectivity index (χ1) is 9.49. The summed E-state index contributed by atoms with van der Waals surface area (Å²) in [6, 6.07) is 6.71. The molecule has 0 radical (unpaired) electrons. The zero-order chi connectivity index (χ0) is 14.8. The predicted octanol–water partition coefficient (Wildman–Crippen LogP) is 1.27. The standard InChI is InChI=1S/C14H19N3O2S/c1-10-4-2-7-14(12(10)9-16)20(18,19)17-13-6-3-5-11(13)8-15/h2,4,7,11,13,17H,3,5-6,8,15H2,1H3/t11-,13+/m0/s1. The van der Waals surface area contributed by atoms with Gasteiger partial charge < -0.3 is 5.73 Å². The van der Waals surface area contributed by atoms with E-state index in [9.17, 15) is 8.42 Å². The molecule has 1 fully saturated rings. The molecule has 0 spiro atoms. The zero-order valence-electron chi connectivity index (χ0n) is 11.5. The molecule has 20 heavy (non-hydrogen) atoms. The average molecular weight is 293 g/mol. The molecule has 0 unspecified atom stereocenters. The van der Waals surface area contributed by atoms with Crippen LogP contribution in [0.3, 0.4) is 0 Å². The summed E-state index contributed by atoms with van der Waals surface area (Å²) in [5.74, 6) is 0.181. The Labute approximate surface area is 119 Å².